The Labute approximate surface area is 84.7 Å². The summed E-state index contributed by atoms with van der Waals surface area (Å²) >= 11 is 5.09. The van der Waals surface area contributed by atoms with Gasteiger partial charge in [0.2, 0.25) is 5.56 Å². The first kappa shape index (κ1) is 12.0. The van der Waals surface area contributed by atoms with Gasteiger partial charge in [-0.25, -0.2) is 8.78 Å². The second kappa shape index (κ2) is 3.80. The number of pyridine rings is 1. The van der Waals surface area contributed by atoms with E-state index in [1.165, 1.54) is 0 Å². The van der Waals surface area contributed by atoms with E-state index in [9.17, 15) is 26.7 Å². The van der Waals surface area contributed by atoms with E-state index >= 15 is 0 Å². The zero-order chi connectivity index (χ0) is 11.8. The van der Waals surface area contributed by atoms with Crippen molar-refractivity contribution in [1.29, 1.82) is 0 Å². The van der Waals surface area contributed by atoms with E-state index in [1.54, 1.807) is 4.98 Å². The number of hydrogen-bond donors (Lipinski definition) is 1. The highest BCUT2D eigenvalue weighted by atomic mass is 35.5. The van der Waals surface area contributed by atoms with Gasteiger partial charge < -0.3 is 4.98 Å². The first-order valence-corrected chi connectivity index (χ1v) is 3.89. The SMILES string of the molecule is O=c1cc(C(F)(F)F)c(Cl)c(C(F)F)[nH]1. The van der Waals surface area contributed by atoms with E-state index in [1.807, 2.05) is 0 Å². The van der Waals surface area contributed by atoms with Crippen molar-refractivity contribution in [2.75, 3.05) is 0 Å². The van der Waals surface area contributed by atoms with Crippen LogP contribution in [-0.4, -0.2) is 4.98 Å². The monoisotopic (exact) mass is 247 g/mol. The summed E-state index contributed by atoms with van der Waals surface area (Å²) in [5.74, 6) is 0. The van der Waals surface area contributed by atoms with Crippen LogP contribution in [0.2, 0.25) is 5.02 Å². The van der Waals surface area contributed by atoms with E-state index in [-0.39, 0.29) is 6.07 Å². The normalized spacial score (nSPS) is 12.2. The number of H-pyrrole nitrogens is 1. The molecule has 8 heteroatoms. The lowest BCUT2D eigenvalue weighted by atomic mass is 10.2. The highest BCUT2D eigenvalue weighted by Gasteiger charge is 2.36. The van der Waals surface area contributed by atoms with E-state index in [0.29, 0.717) is 0 Å². The van der Waals surface area contributed by atoms with Gasteiger partial charge in [0.05, 0.1) is 10.6 Å². The largest absolute Gasteiger partial charge is 0.418 e. The molecule has 0 saturated carbocycles. The van der Waals surface area contributed by atoms with Crippen molar-refractivity contribution in [3.05, 3.63) is 32.7 Å². The molecule has 1 N–H and O–H groups in total. The molecule has 2 nitrogen and oxygen atoms in total. The number of alkyl halides is 5. The van der Waals surface area contributed by atoms with Crippen molar-refractivity contribution in [3.63, 3.8) is 0 Å². The van der Waals surface area contributed by atoms with Crippen LogP contribution in [0.1, 0.15) is 17.7 Å². The van der Waals surface area contributed by atoms with Crippen molar-refractivity contribution in [2.45, 2.75) is 12.6 Å². The van der Waals surface area contributed by atoms with E-state index in [4.69, 9.17) is 11.6 Å². The third-order valence-electron chi connectivity index (χ3n) is 1.53. The van der Waals surface area contributed by atoms with Crippen LogP contribution in [0.4, 0.5) is 22.0 Å². The van der Waals surface area contributed by atoms with Crippen molar-refractivity contribution in [3.8, 4) is 0 Å². The van der Waals surface area contributed by atoms with Crippen molar-refractivity contribution < 1.29 is 22.0 Å². The molecule has 0 unspecified atom stereocenters. The van der Waals surface area contributed by atoms with Crippen LogP contribution in [0.3, 0.4) is 0 Å². The number of nitrogens with one attached hydrogen (secondary N) is 1. The molecular weight excluding hydrogens is 245 g/mol. The Morgan fingerprint density at radius 1 is 1.33 bits per heavy atom. The molecular formula is C7H3ClF5NO. The lowest BCUT2D eigenvalue weighted by Gasteiger charge is -2.10. The summed E-state index contributed by atoms with van der Waals surface area (Å²) in [6, 6.07) is 0.133. The molecule has 0 aliphatic rings. The first-order valence-electron chi connectivity index (χ1n) is 3.51. The minimum absolute atomic E-state index is 0.133. The van der Waals surface area contributed by atoms with E-state index in [2.05, 4.69) is 0 Å². The van der Waals surface area contributed by atoms with Crippen LogP contribution < -0.4 is 5.56 Å². The number of hydrogen-bond acceptors (Lipinski definition) is 1. The van der Waals surface area contributed by atoms with Gasteiger partial charge in [-0.15, -0.1) is 0 Å². The van der Waals surface area contributed by atoms with Gasteiger partial charge >= 0.3 is 6.18 Å². The quantitative estimate of drug-likeness (QED) is 0.761. The summed E-state index contributed by atoms with van der Waals surface area (Å²) < 4.78 is 60.9. The van der Waals surface area contributed by atoms with Gasteiger partial charge in [-0.1, -0.05) is 11.6 Å². The molecule has 84 valence electrons. The Balaban J connectivity index is 3.49. The van der Waals surface area contributed by atoms with Crippen LogP contribution in [0.5, 0.6) is 0 Å². The zero-order valence-corrected chi connectivity index (χ0v) is 7.59. The number of aromatic amines is 1. The summed E-state index contributed by atoms with van der Waals surface area (Å²) in [6.07, 6.45) is -8.21. The van der Waals surface area contributed by atoms with Crippen LogP contribution in [0.25, 0.3) is 0 Å². The summed E-state index contributed by atoms with van der Waals surface area (Å²) in [5, 5.41) is -1.18. The van der Waals surface area contributed by atoms with Gasteiger partial charge in [0.1, 0.15) is 5.69 Å². The predicted octanol–water partition coefficient (Wildman–Crippen LogP) is 2.98. The molecule has 0 spiro atoms. The molecule has 1 heterocycles. The third-order valence-corrected chi connectivity index (χ3v) is 1.94. The smallest absolute Gasteiger partial charge is 0.320 e. The molecule has 0 aliphatic heterocycles. The molecule has 0 fully saturated rings. The summed E-state index contributed by atoms with van der Waals surface area (Å²) in [7, 11) is 0. The molecule has 15 heavy (non-hydrogen) atoms. The van der Waals surface area contributed by atoms with Gasteiger partial charge in [0.15, 0.2) is 0 Å². The van der Waals surface area contributed by atoms with E-state index in [0.717, 1.165) is 0 Å². The fourth-order valence-corrected chi connectivity index (χ4v) is 1.21. The maximum atomic E-state index is 12.2. The van der Waals surface area contributed by atoms with Gasteiger partial charge in [-0.05, 0) is 0 Å². The number of aromatic nitrogens is 1. The van der Waals surface area contributed by atoms with Gasteiger partial charge in [0, 0.05) is 6.07 Å². The van der Waals surface area contributed by atoms with Crippen molar-refractivity contribution >= 4 is 11.6 Å². The molecule has 0 atom stereocenters. The second-order valence-electron chi connectivity index (χ2n) is 2.57. The van der Waals surface area contributed by atoms with Gasteiger partial charge in [-0.3, -0.25) is 4.79 Å². The van der Waals surface area contributed by atoms with Crippen molar-refractivity contribution in [1.82, 2.24) is 4.98 Å². The highest BCUT2D eigenvalue weighted by molar-refractivity contribution is 6.32. The Hall–Kier alpha value is -1.11. The maximum Gasteiger partial charge on any atom is 0.418 e. The Kier molecular flexibility index (Phi) is 3.03. The lowest BCUT2D eigenvalue weighted by molar-refractivity contribution is -0.137. The molecule has 1 aromatic heterocycles. The van der Waals surface area contributed by atoms with Gasteiger partial charge in [-0.2, -0.15) is 13.2 Å². The average Bonchev–Trinajstić information content (AvgIpc) is 2.06. The topological polar surface area (TPSA) is 32.9 Å². The summed E-state index contributed by atoms with van der Waals surface area (Å²) in [6.45, 7) is 0. The summed E-state index contributed by atoms with van der Waals surface area (Å²) in [4.78, 5) is 12.2. The number of rotatable bonds is 1. The highest BCUT2D eigenvalue weighted by Crippen LogP contribution is 2.36. The average molecular weight is 248 g/mol. The minimum Gasteiger partial charge on any atom is -0.320 e. The van der Waals surface area contributed by atoms with Crippen LogP contribution in [0.15, 0.2) is 10.9 Å². The second-order valence-corrected chi connectivity index (χ2v) is 2.95. The zero-order valence-electron chi connectivity index (χ0n) is 6.83. The minimum atomic E-state index is -4.94. The molecule has 0 saturated heterocycles. The number of halogens is 6. The first-order chi connectivity index (χ1) is 6.73. The van der Waals surface area contributed by atoms with Crippen LogP contribution >= 0.6 is 11.6 Å². The standard InChI is InChI=1S/C7H3ClF5NO/c8-4-2(7(11,12)13)1-3(15)14-5(4)6(9)10/h1,6H,(H,14,15). The molecule has 0 aromatic carbocycles. The Morgan fingerprint density at radius 3 is 2.27 bits per heavy atom. The summed E-state index contributed by atoms with van der Waals surface area (Å²) in [5.41, 5.74) is -4.07. The Morgan fingerprint density at radius 2 is 1.87 bits per heavy atom. The molecule has 1 rings (SSSR count). The molecule has 0 radical (unpaired) electrons. The fourth-order valence-electron chi connectivity index (χ4n) is 0.920. The lowest BCUT2D eigenvalue weighted by Crippen LogP contribution is -2.16. The molecule has 0 amide bonds. The third kappa shape index (κ3) is 2.47. The van der Waals surface area contributed by atoms with Crippen LogP contribution in [0, 0.1) is 0 Å². The van der Waals surface area contributed by atoms with Crippen LogP contribution in [-0.2, 0) is 6.18 Å². The Bertz CT molecular complexity index is 424. The molecule has 0 bridgehead atoms. The van der Waals surface area contributed by atoms with Crippen molar-refractivity contribution in [2.24, 2.45) is 0 Å². The maximum absolute atomic E-state index is 12.2. The van der Waals surface area contributed by atoms with E-state index < -0.39 is 34.4 Å². The van der Waals surface area contributed by atoms with Gasteiger partial charge in [0.25, 0.3) is 6.43 Å². The predicted molar refractivity (Wildman–Crippen MR) is 42.0 cm³/mol. The fraction of sp³-hybridized carbons (Fsp3) is 0.286. The molecule has 0 aliphatic carbocycles. The molecule has 1 aromatic rings.